The molecular formula is C21H26N2O4. The maximum absolute atomic E-state index is 11.9. The van der Waals surface area contributed by atoms with Gasteiger partial charge in [0.05, 0.1) is 17.9 Å². The summed E-state index contributed by atoms with van der Waals surface area (Å²) in [6.45, 7) is 6.02. The number of hydrogen-bond acceptors (Lipinski definition) is 6. The summed E-state index contributed by atoms with van der Waals surface area (Å²) in [5.74, 6) is 0.359. The number of phenols is 1. The maximum Gasteiger partial charge on any atom is 0.338 e. The van der Waals surface area contributed by atoms with E-state index < -0.39 is 5.97 Å². The summed E-state index contributed by atoms with van der Waals surface area (Å²) in [5.41, 5.74) is 8.40. The minimum atomic E-state index is -0.464. The van der Waals surface area contributed by atoms with Gasteiger partial charge in [-0.25, -0.2) is 4.79 Å². The second-order valence-corrected chi connectivity index (χ2v) is 6.60. The van der Waals surface area contributed by atoms with Gasteiger partial charge in [-0.15, -0.1) is 0 Å². The fourth-order valence-electron chi connectivity index (χ4n) is 2.35. The maximum atomic E-state index is 11.9. The predicted octanol–water partition coefficient (Wildman–Crippen LogP) is 3.55. The molecule has 6 heteroatoms. The molecule has 6 nitrogen and oxygen atoms in total. The van der Waals surface area contributed by atoms with Crippen molar-refractivity contribution in [1.82, 2.24) is 4.98 Å². The average molecular weight is 370 g/mol. The highest BCUT2D eigenvalue weighted by molar-refractivity contribution is 5.89. The number of rotatable bonds is 8. The van der Waals surface area contributed by atoms with Crippen LogP contribution in [0, 0.1) is 0 Å². The van der Waals surface area contributed by atoms with Crippen LogP contribution in [0.25, 0.3) is 5.57 Å². The lowest BCUT2D eigenvalue weighted by atomic mass is 10.1. The highest BCUT2D eigenvalue weighted by Crippen LogP contribution is 2.20. The zero-order valence-corrected chi connectivity index (χ0v) is 15.9. The first-order valence-electron chi connectivity index (χ1n) is 8.85. The van der Waals surface area contributed by atoms with E-state index >= 15 is 0 Å². The first-order valence-corrected chi connectivity index (χ1v) is 8.85. The Bertz CT molecular complexity index is 785. The third kappa shape index (κ3) is 6.75. The molecular weight excluding hydrogens is 344 g/mol. The summed E-state index contributed by atoms with van der Waals surface area (Å²) in [6.07, 6.45) is 6.10. The lowest BCUT2D eigenvalue weighted by molar-refractivity contribution is 0.0482. The van der Waals surface area contributed by atoms with Gasteiger partial charge in [0.25, 0.3) is 0 Å². The summed E-state index contributed by atoms with van der Waals surface area (Å²) in [7, 11) is 0. The Morgan fingerprint density at radius 2 is 1.93 bits per heavy atom. The minimum Gasteiger partial charge on any atom is -0.508 e. The molecule has 0 aliphatic carbocycles. The van der Waals surface area contributed by atoms with Crippen LogP contribution >= 0.6 is 0 Å². The summed E-state index contributed by atoms with van der Waals surface area (Å²) in [5, 5.41) is 9.24. The van der Waals surface area contributed by atoms with Crippen LogP contribution in [-0.4, -0.2) is 34.8 Å². The molecule has 144 valence electrons. The van der Waals surface area contributed by atoms with E-state index in [1.165, 1.54) is 24.3 Å². The number of ether oxygens (including phenoxy) is 2. The fraction of sp³-hybridized carbons (Fsp3) is 0.333. The van der Waals surface area contributed by atoms with Crippen LogP contribution in [0.2, 0.25) is 0 Å². The summed E-state index contributed by atoms with van der Waals surface area (Å²) >= 11 is 0. The molecule has 0 amide bonds. The summed E-state index contributed by atoms with van der Waals surface area (Å²) in [6, 6.07) is 7.51. The van der Waals surface area contributed by atoms with Crippen molar-refractivity contribution >= 4 is 11.5 Å². The molecule has 0 aliphatic heterocycles. The van der Waals surface area contributed by atoms with Crippen LogP contribution in [-0.2, 0) is 4.74 Å². The van der Waals surface area contributed by atoms with Gasteiger partial charge in [-0.2, -0.15) is 0 Å². The van der Waals surface area contributed by atoms with Crippen molar-refractivity contribution in [2.75, 3.05) is 6.61 Å². The Labute approximate surface area is 159 Å². The number of benzene rings is 1. The average Bonchev–Trinajstić information content (AvgIpc) is 2.64. The van der Waals surface area contributed by atoms with E-state index in [9.17, 15) is 9.90 Å². The molecule has 1 aromatic heterocycles. The quantitative estimate of drug-likeness (QED) is 0.690. The fourth-order valence-corrected chi connectivity index (χ4v) is 2.35. The van der Waals surface area contributed by atoms with Crippen molar-refractivity contribution in [3.05, 3.63) is 59.9 Å². The molecule has 1 unspecified atom stereocenters. The van der Waals surface area contributed by atoms with Gasteiger partial charge in [-0.3, -0.25) is 4.98 Å². The van der Waals surface area contributed by atoms with Crippen LogP contribution in [0.1, 0.15) is 43.1 Å². The number of nitrogens with zero attached hydrogens (tertiary/aromatic N) is 1. The van der Waals surface area contributed by atoms with Crippen LogP contribution < -0.4 is 10.5 Å². The third-order valence-corrected chi connectivity index (χ3v) is 3.80. The van der Waals surface area contributed by atoms with Crippen LogP contribution in [0.15, 0.2) is 48.8 Å². The Morgan fingerprint density at radius 3 is 2.59 bits per heavy atom. The number of carbonyl (C=O) groups excluding carboxylic acids is 1. The lowest BCUT2D eigenvalue weighted by Crippen LogP contribution is -2.27. The van der Waals surface area contributed by atoms with Crippen LogP contribution in [0.3, 0.4) is 0 Å². The van der Waals surface area contributed by atoms with E-state index in [1.807, 2.05) is 32.9 Å². The Kier molecular flexibility index (Phi) is 7.37. The molecule has 1 heterocycles. The van der Waals surface area contributed by atoms with Gasteiger partial charge >= 0.3 is 5.97 Å². The monoisotopic (exact) mass is 370 g/mol. The molecule has 1 aromatic carbocycles. The van der Waals surface area contributed by atoms with E-state index in [2.05, 4.69) is 4.98 Å². The second kappa shape index (κ2) is 9.73. The molecule has 1 atom stereocenters. The first kappa shape index (κ1) is 20.5. The molecule has 0 bridgehead atoms. The number of carbonyl (C=O) groups is 1. The molecule has 2 aromatic rings. The van der Waals surface area contributed by atoms with Crippen molar-refractivity contribution in [2.45, 2.75) is 39.3 Å². The van der Waals surface area contributed by atoms with E-state index in [1.54, 1.807) is 12.4 Å². The number of pyridine rings is 1. The van der Waals surface area contributed by atoms with E-state index in [0.717, 1.165) is 16.9 Å². The Balaban J connectivity index is 1.87. The van der Waals surface area contributed by atoms with Gasteiger partial charge in [0, 0.05) is 12.2 Å². The zero-order chi connectivity index (χ0) is 19.8. The largest absolute Gasteiger partial charge is 0.508 e. The SMILES string of the molecule is CC(=CCC(N)COC(=O)c1ccc(O)cc1)c1cncc(OC(C)C)c1. The van der Waals surface area contributed by atoms with Gasteiger partial charge in [0.1, 0.15) is 18.1 Å². The molecule has 0 saturated carbocycles. The van der Waals surface area contributed by atoms with Gasteiger partial charge in [0.15, 0.2) is 0 Å². The molecule has 0 radical (unpaired) electrons. The van der Waals surface area contributed by atoms with Crippen molar-refractivity contribution < 1.29 is 19.4 Å². The molecule has 27 heavy (non-hydrogen) atoms. The highest BCUT2D eigenvalue weighted by Gasteiger charge is 2.10. The summed E-state index contributed by atoms with van der Waals surface area (Å²) < 4.78 is 10.9. The predicted molar refractivity (Wildman–Crippen MR) is 105 cm³/mol. The molecule has 0 fully saturated rings. The molecule has 0 spiro atoms. The number of allylic oxidation sites excluding steroid dienone is 1. The Morgan fingerprint density at radius 1 is 1.22 bits per heavy atom. The van der Waals surface area contributed by atoms with Crippen LogP contribution in [0.5, 0.6) is 11.5 Å². The Hall–Kier alpha value is -2.86. The van der Waals surface area contributed by atoms with Crippen molar-refractivity contribution in [1.29, 1.82) is 0 Å². The highest BCUT2D eigenvalue weighted by atomic mass is 16.5. The smallest absolute Gasteiger partial charge is 0.338 e. The number of hydrogen-bond donors (Lipinski definition) is 2. The van der Waals surface area contributed by atoms with Gasteiger partial charge in [-0.05, 0) is 68.7 Å². The van der Waals surface area contributed by atoms with Crippen molar-refractivity contribution in [3.63, 3.8) is 0 Å². The van der Waals surface area contributed by atoms with Gasteiger partial charge < -0.3 is 20.3 Å². The number of aromatic hydroxyl groups is 1. The number of esters is 1. The van der Waals surface area contributed by atoms with Crippen LogP contribution in [0.4, 0.5) is 0 Å². The molecule has 0 aliphatic rings. The van der Waals surface area contributed by atoms with Gasteiger partial charge in [0.2, 0.25) is 0 Å². The zero-order valence-electron chi connectivity index (χ0n) is 15.9. The minimum absolute atomic E-state index is 0.0861. The third-order valence-electron chi connectivity index (χ3n) is 3.80. The van der Waals surface area contributed by atoms with Gasteiger partial charge in [-0.1, -0.05) is 6.08 Å². The standard InChI is InChI=1S/C21H26N2O4/c1-14(2)27-20-10-17(11-23-12-20)15(3)4-7-18(22)13-26-21(25)16-5-8-19(24)9-6-16/h4-6,8-12,14,18,24H,7,13,22H2,1-3H3. The molecule has 0 saturated heterocycles. The van der Waals surface area contributed by atoms with E-state index in [-0.39, 0.29) is 24.5 Å². The molecule has 3 N–H and O–H groups in total. The lowest BCUT2D eigenvalue weighted by Gasteiger charge is -2.12. The van der Waals surface area contributed by atoms with E-state index in [4.69, 9.17) is 15.2 Å². The second-order valence-electron chi connectivity index (χ2n) is 6.60. The number of aromatic nitrogens is 1. The number of phenolic OH excluding ortho intramolecular Hbond substituents is 1. The van der Waals surface area contributed by atoms with Crippen molar-refractivity contribution in [3.8, 4) is 11.5 Å². The number of nitrogens with two attached hydrogens (primary N) is 1. The summed E-state index contributed by atoms with van der Waals surface area (Å²) in [4.78, 5) is 16.1. The van der Waals surface area contributed by atoms with E-state index in [0.29, 0.717) is 12.0 Å². The first-order chi connectivity index (χ1) is 12.8. The molecule has 2 rings (SSSR count). The van der Waals surface area contributed by atoms with Crippen molar-refractivity contribution in [2.24, 2.45) is 5.73 Å². The normalized spacial score (nSPS) is 12.7. The topological polar surface area (TPSA) is 94.7 Å².